The highest BCUT2D eigenvalue weighted by atomic mass is 19.1. The molecule has 0 aliphatic carbocycles. The van der Waals surface area contributed by atoms with Crippen LogP contribution in [-0.4, -0.2) is 66.9 Å². The van der Waals surface area contributed by atoms with Crippen LogP contribution in [0, 0.1) is 5.82 Å². The van der Waals surface area contributed by atoms with Crippen molar-refractivity contribution in [1.82, 2.24) is 20.3 Å². The summed E-state index contributed by atoms with van der Waals surface area (Å²) in [6.07, 6.45) is 0.790. The zero-order valence-corrected chi connectivity index (χ0v) is 23.9. The largest absolute Gasteiger partial charge is 0.378 e. The summed E-state index contributed by atoms with van der Waals surface area (Å²) in [4.78, 5) is 26.2. The molecule has 12 heteroatoms. The number of carbonyl (C=O) groups is 1. The van der Waals surface area contributed by atoms with Crippen LogP contribution >= 0.6 is 0 Å². The van der Waals surface area contributed by atoms with Crippen LogP contribution in [-0.2, 0) is 22.4 Å². The van der Waals surface area contributed by atoms with E-state index in [0.29, 0.717) is 81.7 Å². The van der Waals surface area contributed by atoms with Crippen LogP contribution in [0.3, 0.4) is 0 Å². The summed E-state index contributed by atoms with van der Waals surface area (Å²) >= 11 is 0. The molecule has 0 spiro atoms. The fourth-order valence-corrected chi connectivity index (χ4v) is 3.95. The summed E-state index contributed by atoms with van der Waals surface area (Å²) in [5, 5.41) is 12.5. The number of ether oxygens (including phenoxy) is 2. The first-order valence-corrected chi connectivity index (χ1v) is 14.1. The van der Waals surface area contributed by atoms with Crippen LogP contribution < -0.4 is 27.0 Å². The van der Waals surface area contributed by atoms with Gasteiger partial charge in [0.25, 0.3) is 5.91 Å². The highest BCUT2D eigenvalue weighted by molar-refractivity contribution is 5.95. The van der Waals surface area contributed by atoms with E-state index >= 15 is 0 Å². The number of anilines is 4. The van der Waals surface area contributed by atoms with E-state index in [0.717, 1.165) is 12.0 Å². The molecule has 3 aromatic carbocycles. The van der Waals surface area contributed by atoms with Crippen molar-refractivity contribution >= 4 is 29.4 Å². The quantitative estimate of drug-likeness (QED) is 0.109. The van der Waals surface area contributed by atoms with Crippen molar-refractivity contribution in [2.75, 3.05) is 62.0 Å². The molecule has 0 saturated carbocycles. The standard InChI is InChI=1S/C31H37FN8O3/c32-26-11-9-24(10-12-26)22-36-30-38-29(35-15-13-23-5-2-1-3-6-23)39-31(40-30)37-27-8-4-7-25(21-27)28(41)34-16-18-43-20-19-42-17-14-33/h1-12,21H,13-20,22,33H2,(H,34,41)(H3,35,36,37,38,39,40). The molecule has 4 rings (SSSR count). The number of halogens is 1. The Kier molecular flexibility index (Phi) is 12.6. The van der Waals surface area contributed by atoms with Gasteiger partial charge in [0.2, 0.25) is 17.8 Å². The fourth-order valence-electron chi connectivity index (χ4n) is 3.95. The Morgan fingerprint density at radius 1 is 0.744 bits per heavy atom. The molecule has 0 saturated heterocycles. The average Bonchev–Trinajstić information content (AvgIpc) is 3.02. The lowest BCUT2D eigenvalue weighted by molar-refractivity contribution is 0.0511. The molecule has 6 N–H and O–H groups in total. The number of nitrogens with two attached hydrogens (primary N) is 1. The normalized spacial score (nSPS) is 10.7. The molecule has 4 aromatic rings. The third kappa shape index (κ3) is 11.3. The number of hydrogen-bond acceptors (Lipinski definition) is 10. The lowest BCUT2D eigenvalue weighted by Crippen LogP contribution is -2.27. The van der Waals surface area contributed by atoms with Crippen molar-refractivity contribution in [1.29, 1.82) is 0 Å². The Bertz CT molecular complexity index is 1410. The second-order valence-electron chi connectivity index (χ2n) is 9.42. The Morgan fingerprint density at radius 3 is 2.23 bits per heavy atom. The van der Waals surface area contributed by atoms with E-state index in [9.17, 15) is 9.18 Å². The van der Waals surface area contributed by atoms with Gasteiger partial charge in [-0.3, -0.25) is 4.79 Å². The molecule has 0 radical (unpaired) electrons. The number of hydrogen-bond donors (Lipinski definition) is 5. The van der Waals surface area contributed by atoms with Gasteiger partial charge >= 0.3 is 0 Å². The summed E-state index contributed by atoms with van der Waals surface area (Å²) in [5.74, 6) is 0.492. The third-order valence-electron chi connectivity index (χ3n) is 6.09. The van der Waals surface area contributed by atoms with Crippen molar-refractivity contribution in [2.24, 2.45) is 5.73 Å². The number of amides is 1. The maximum absolute atomic E-state index is 13.3. The minimum absolute atomic E-state index is 0.229. The van der Waals surface area contributed by atoms with Crippen molar-refractivity contribution in [3.63, 3.8) is 0 Å². The maximum Gasteiger partial charge on any atom is 0.251 e. The Balaban J connectivity index is 1.37. The number of nitrogens with zero attached hydrogens (tertiary/aromatic N) is 3. The molecule has 0 bridgehead atoms. The first kappa shape index (κ1) is 31.3. The van der Waals surface area contributed by atoms with E-state index in [-0.39, 0.29) is 11.7 Å². The lowest BCUT2D eigenvalue weighted by atomic mass is 10.1. The van der Waals surface area contributed by atoms with Crippen molar-refractivity contribution < 1.29 is 18.7 Å². The molecule has 1 aromatic heterocycles. The van der Waals surface area contributed by atoms with Gasteiger partial charge < -0.3 is 36.5 Å². The Labute approximate surface area is 250 Å². The van der Waals surface area contributed by atoms with E-state index in [1.807, 2.05) is 24.3 Å². The summed E-state index contributed by atoms with van der Waals surface area (Å²) in [6, 6.07) is 23.4. The van der Waals surface area contributed by atoms with Crippen LogP contribution in [0.5, 0.6) is 0 Å². The van der Waals surface area contributed by atoms with Crippen molar-refractivity contribution in [3.8, 4) is 0 Å². The number of benzene rings is 3. The first-order chi connectivity index (χ1) is 21.1. The second-order valence-corrected chi connectivity index (χ2v) is 9.42. The van der Waals surface area contributed by atoms with Gasteiger partial charge in [0.15, 0.2) is 0 Å². The van der Waals surface area contributed by atoms with E-state index < -0.39 is 0 Å². The minimum Gasteiger partial charge on any atom is -0.378 e. The SMILES string of the molecule is NCCOCCOCCNC(=O)c1cccc(Nc2nc(NCCc3ccccc3)nc(NCc3ccc(F)cc3)n2)c1. The molecule has 1 amide bonds. The molecule has 11 nitrogen and oxygen atoms in total. The Hall–Kier alpha value is -4.65. The predicted octanol–water partition coefficient (Wildman–Crippen LogP) is 3.74. The molecular weight excluding hydrogens is 551 g/mol. The molecule has 0 fully saturated rings. The maximum atomic E-state index is 13.3. The molecule has 0 unspecified atom stereocenters. The van der Waals surface area contributed by atoms with Crippen LogP contribution in [0.15, 0.2) is 78.9 Å². The number of carbonyl (C=O) groups excluding carboxylic acids is 1. The topological polar surface area (TPSA) is 148 Å². The highest BCUT2D eigenvalue weighted by Gasteiger charge is 2.10. The average molecular weight is 589 g/mol. The minimum atomic E-state index is -0.297. The summed E-state index contributed by atoms with van der Waals surface area (Å²) < 4.78 is 24.0. The molecule has 226 valence electrons. The van der Waals surface area contributed by atoms with Crippen LogP contribution in [0.1, 0.15) is 21.5 Å². The number of aromatic nitrogens is 3. The number of rotatable bonds is 18. The lowest BCUT2D eigenvalue weighted by Gasteiger charge is -2.12. The van der Waals surface area contributed by atoms with Crippen molar-refractivity contribution in [3.05, 3.63) is 101 Å². The van der Waals surface area contributed by atoms with Gasteiger partial charge in [-0.25, -0.2) is 4.39 Å². The van der Waals surface area contributed by atoms with Gasteiger partial charge in [-0.1, -0.05) is 48.5 Å². The number of nitrogens with one attached hydrogen (secondary N) is 4. The van der Waals surface area contributed by atoms with Gasteiger partial charge in [-0.15, -0.1) is 0 Å². The zero-order chi connectivity index (χ0) is 30.1. The zero-order valence-electron chi connectivity index (χ0n) is 23.9. The second kappa shape index (κ2) is 17.3. The van der Waals surface area contributed by atoms with Crippen LogP contribution in [0.4, 0.5) is 27.9 Å². The fraction of sp³-hybridized carbons (Fsp3) is 0.290. The molecule has 0 aliphatic rings. The van der Waals surface area contributed by atoms with Gasteiger partial charge in [-0.05, 0) is 47.9 Å². The molecule has 1 heterocycles. The molecule has 43 heavy (non-hydrogen) atoms. The predicted molar refractivity (Wildman–Crippen MR) is 165 cm³/mol. The van der Waals surface area contributed by atoms with Gasteiger partial charge in [-0.2, -0.15) is 15.0 Å². The summed E-state index contributed by atoms with van der Waals surface area (Å²) in [7, 11) is 0. The third-order valence-corrected chi connectivity index (χ3v) is 6.09. The van der Waals surface area contributed by atoms with Gasteiger partial charge in [0.1, 0.15) is 5.82 Å². The summed E-state index contributed by atoms with van der Waals surface area (Å²) in [6.45, 7) is 3.61. The molecule has 0 aliphatic heterocycles. The van der Waals surface area contributed by atoms with E-state index in [1.165, 1.54) is 17.7 Å². The van der Waals surface area contributed by atoms with Gasteiger partial charge in [0, 0.05) is 37.4 Å². The highest BCUT2D eigenvalue weighted by Crippen LogP contribution is 2.18. The monoisotopic (exact) mass is 588 g/mol. The summed E-state index contributed by atoms with van der Waals surface area (Å²) in [5.41, 5.74) is 8.54. The first-order valence-electron chi connectivity index (χ1n) is 14.1. The van der Waals surface area contributed by atoms with E-state index in [4.69, 9.17) is 15.2 Å². The Morgan fingerprint density at radius 2 is 1.47 bits per heavy atom. The van der Waals surface area contributed by atoms with E-state index in [1.54, 1.807) is 30.3 Å². The van der Waals surface area contributed by atoms with Crippen molar-refractivity contribution in [2.45, 2.75) is 13.0 Å². The molecular formula is C31H37FN8O3. The molecule has 0 atom stereocenters. The van der Waals surface area contributed by atoms with E-state index in [2.05, 4.69) is 48.4 Å². The van der Waals surface area contributed by atoms with Gasteiger partial charge in [0.05, 0.1) is 26.4 Å². The smallest absolute Gasteiger partial charge is 0.251 e. The van der Waals surface area contributed by atoms with Crippen LogP contribution in [0.2, 0.25) is 0 Å². The van der Waals surface area contributed by atoms with Crippen LogP contribution in [0.25, 0.3) is 0 Å².